The van der Waals surface area contributed by atoms with Gasteiger partial charge in [-0.25, -0.2) is 0 Å². The van der Waals surface area contributed by atoms with Crippen LogP contribution in [0.25, 0.3) is 0 Å². The molecule has 80 valence electrons. The standard InChI is InChI=1S/C15H14O/c1-16-5-2-3-6-7(4-5)9-12-10-8(6)11-13(9)15(11)14(10)12/h2-4,8-15H,1H3. The molecule has 1 nitrogen and oxygen atoms in total. The fraction of sp³-hybridized carbons (Fsp3) is 0.600. The first-order chi connectivity index (χ1) is 7.92. The third-order valence-corrected chi connectivity index (χ3v) is 6.50. The Hall–Kier alpha value is -0.980. The van der Waals surface area contributed by atoms with E-state index in [1.54, 1.807) is 18.2 Å². The van der Waals surface area contributed by atoms with Crippen LogP contribution >= 0.6 is 0 Å². The molecule has 16 heavy (non-hydrogen) atoms. The van der Waals surface area contributed by atoms with Crippen molar-refractivity contribution < 1.29 is 4.74 Å². The molecular formula is C15H14O. The lowest BCUT2D eigenvalue weighted by Crippen LogP contribution is -2.26. The fourth-order valence-electron chi connectivity index (χ4n) is 6.33. The minimum absolute atomic E-state index is 0.945. The monoisotopic (exact) mass is 210 g/mol. The average Bonchev–Trinajstić information content (AvgIpc) is 3.17. The molecule has 0 amide bonds. The molecule has 0 aromatic heterocycles. The molecule has 6 aliphatic carbocycles. The van der Waals surface area contributed by atoms with Crippen LogP contribution in [0.15, 0.2) is 18.2 Å². The molecule has 7 rings (SSSR count). The normalized spacial score (nSPS) is 59.6. The second kappa shape index (κ2) is 1.83. The van der Waals surface area contributed by atoms with Crippen molar-refractivity contribution in [2.75, 3.05) is 7.11 Å². The smallest absolute Gasteiger partial charge is 0.119 e. The molecule has 0 spiro atoms. The molecule has 4 fully saturated rings. The van der Waals surface area contributed by atoms with Gasteiger partial charge in [0.05, 0.1) is 7.11 Å². The van der Waals surface area contributed by atoms with E-state index in [1.807, 2.05) is 0 Å². The van der Waals surface area contributed by atoms with Crippen molar-refractivity contribution in [2.24, 2.45) is 35.5 Å². The van der Waals surface area contributed by atoms with Crippen LogP contribution in [0, 0.1) is 35.5 Å². The van der Waals surface area contributed by atoms with Crippen molar-refractivity contribution in [3.05, 3.63) is 29.3 Å². The summed E-state index contributed by atoms with van der Waals surface area (Å²) >= 11 is 0. The molecule has 1 aromatic rings. The highest BCUT2D eigenvalue weighted by atomic mass is 16.5. The van der Waals surface area contributed by atoms with Crippen LogP contribution in [0.2, 0.25) is 0 Å². The van der Waals surface area contributed by atoms with Gasteiger partial charge in [0.2, 0.25) is 0 Å². The van der Waals surface area contributed by atoms with Crippen LogP contribution < -0.4 is 4.74 Å². The van der Waals surface area contributed by atoms with Crippen LogP contribution in [-0.2, 0) is 0 Å². The van der Waals surface area contributed by atoms with Gasteiger partial charge in [0.1, 0.15) is 5.75 Å². The van der Waals surface area contributed by atoms with E-state index < -0.39 is 0 Å². The quantitative estimate of drug-likeness (QED) is 0.692. The minimum Gasteiger partial charge on any atom is -0.497 e. The van der Waals surface area contributed by atoms with Gasteiger partial charge in [-0.3, -0.25) is 0 Å². The van der Waals surface area contributed by atoms with E-state index in [1.165, 1.54) is 0 Å². The van der Waals surface area contributed by atoms with Crippen molar-refractivity contribution in [1.82, 2.24) is 0 Å². The lowest BCUT2D eigenvalue weighted by molar-refractivity contribution is 0.317. The largest absolute Gasteiger partial charge is 0.497 e. The summed E-state index contributed by atoms with van der Waals surface area (Å²) in [4.78, 5) is 0. The molecule has 0 saturated heterocycles. The van der Waals surface area contributed by atoms with Crippen LogP contribution in [0.3, 0.4) is 0 Å². The zero-order valence-corrected chi connectivity index (χ0v) is 9.26. The molecule has 0 aliphatic heterocycles. The lowest BCUT2D eigenvalue weighted by Gasteiger charge is -2.37. The SMILES string of the molecule is COc1ccc2c(c1)C1C3C4C2C2C1C2C43. The summed E-state index contributed by atoms with van der Waals surface area (Å²) < 4.78 is 5.39. The van der Waals surface area contributed by atoms with E-state index in [0.29, 0.717) is 0 Å². The number of ether oxygens (including phenoxy) is 1. The first-order valence-electron chi connectivity index (χ1n) is 6.59. The molecule has 6 aliphatic rings. The van der Waals surface area contributed by atoms with E-state index in [-0.39, 0.29) is 0 Å². The molecule has 2 bridgehead atoms. The average molecular weight is 210 g/mol. The predicted molar refractivity (Wildman–Crippen MR) is 59.4 cm³/mol. The molecule has 1 heteroatoms. The van der Waals surface area contributed by atoms with Crippen molar-refractivity contribution in [3.63, 3.8) is 0 Å². The maximum Gasteiger partial charge on any atom is 0.119 e. The summed E-state index contributed by atoms with van der Waals surface area (Å²) in [5, 5.41) is 0. The Morgan fingerprint density at radius 1 is 0.812 bits per heavy atom. The van der Waals surface area contributed by atoms with Gasteiger partial charge in [-0.15, -0.1) is 0 Å². The van der Waals surface area contributed by atoms with Gasteiger partial charge < -0.3 is 4.74 Å². The summed E-state index contributed by atoms with van der Waals surface area (Å²) in [5.74, 6) is 9.73. The highest BCUT2D eigenvalue weighted by molar-refractivity contribution is 5.56. The third-order valence-electron chi connectivity index (χ3n) is 6.50. The first kappa shape index (κ1) is 7.37. The molecule has 0 heterocycles. The number of benzene rings is 1. The second-order valence-corrected chi connectivity index (χ2v) is 6.51. The van der Waals surface area contributed by atoms with Gasteiger partial charge in [-0.2, -0.15) is 0 Å². The van der Waals surface area contributed by atoms with Gasteiger partial charge in [0.25, 0.3) is 0 Å². The number of methoxy groups -OCH3 is 1. The zero-order valence-electron chi connectivity index (χ0n) is 9.26. The van der Waals surface area contributed by atoms with Crippen LogP contribution in [0.4, 0.5) is 0 Å². The van der Waals surface area contributed by atoms with Crippen molar-refractivity contribution in [3.8, 4) is 5.75 Å². The Balaban J connectivity index is 1.67. The molecule has 0 radical (unpaired) electrons. The molecule has 4 saturated carbocycles. The van der Waals surface area contributed by atoms with Crippen molar-refractivity contribution >= 4 is 0 Å². The van der Waals surface area contributed by atoms with E-state index >= 15 is 0 Å². The summed E-state index contributed by atoms with van der Waals surface area (Å²) in [5.41, 5.74) is 3.38. The van der Waals surface area contributed by atoms with Gasteiger partial charge in [0.15, 0.2) is 0 Å². The van der Waals surface area contributed by atoms with E-state index in [2.05, 4.69) is 18.2 Å². The topological polar surface area (TPSA) is 9.23 Å². The van der Waals surface area contributed by atoms with Crippen LogP contribution in [0.1, 0.15) is 23.0 Å². The molecule has 1 aromatic carbocycles. The summed E-state index contributed by atoms with van der Waals surface area (Å²) in [7, 11) is 1.79. The van der Waals surface area contributed by atoms with E-state index in [0.717, 1.165) is 53.1 Å². The van der Waals surface area contributed by atoms with Gasteiger partial charge in [0, 0.05) is 0 Å². The minimum atomic E-state index is 0.945. The van der Waals surface area contributed by atoms with Gasteiger partial charge >= 0.3 is 0 Å². The third kappa shape index (κ3) is 0.489. The lowest BCUT2D eigenvalue weighted by atomic mass is 9.67. The summed E-state index contributed by atoms with van der Waals surface area (Å²) in [6.07, 6.45) is 0. The van der Waals surface area contributed by atoms with Gasteiger partial charge in [-0.05, 0) is 70.6 Å². The molecule has 6 unspecified atom stereocenters. The fourth-order valence-corrected chi connectivity index (χ4v) is 6.33. The Labute approximate surface area is 94.8 Å². The van der Waals surface area contributed by atoms with Crippen molar-refractivity contribution in [2.45, 2.75) is 11.8 Å². The maximum absolute atomic E-state index is 5.39. The Kier molecular flexibility index (Phi) is 0.843. The summed E-state index contributed by atoms with van der Waals surface area (Å²) in [6, 6.07) is 6.88. The molecule has 6 atom stereocenters. The molecule has 0 N–H and O–H groups in total. The predicted octanol–water partition coefficient (Wildman–Crippen LogP) is 2.63. The molecular weight excluding hydrogens is 196 g/mol. The number of hydrogen-bond acceptors (Lipinski definition) is 1. The number of hydrogen-bond donors (Lipinski definition) is 0. The first-order valence-corrected chi connectivity index (χ1v) is 6.59. The maximum atomic E-state index is 5.39. The highest BCUT2D eigenvalue weighted by Gasteiger charge is 2.88. The van der Waals surface area contributed by atoms with Crippen LogP contribution in [-0.4, -0.2) is 7.11 Å². The Morgan fingerprint density at radius 2 is 1.44 bits per heavy atom. The summed E-state index contributed by atoms with van der Waals surface area (Å²) in [6.45, 7) is 0. The van der Waals surface area contributed by atoms with Crippen molar-refractivity contribution in [1.29, 1.82) is 0 Å². The van der Waals surface area contributed by atoms with Crippen LogP contribution in [0.5, 0.6) is 5.75 Å². The van der Waals surface area contributed by atoms with E-state index in [9.17, 15) is 0 Å². The Bertz CT molecular complexity index is 526. The Morgan fingerprint density at radius 3 is 2.06 bits per heavy atom. The highest BCUT2D eigenvalue weighted by Crippen LogP contribution is 2.94. The zero-order chi connectivity index (χ0) is 10.2. The van der Waals surface area contributed by atoms with Gasteiger partial charge in [-0.1, -0.05) is 6.07 Å². The van der Waals surface area contributed by atoms with E-state index in [4.69, 9.17) is 4.74 Å². The number of rotatable bonds is 1. The second-order valence-electron chi connectivity index (χ2n) is 6.51.